The Bertz CT molecular complexity index is 1180. The summed E-state index contributed by atoms with van der Waals surface area (Å²) in [5.74, 6) is -12.4. The van der Waals surface area contributed by atoms with Crippen LogP contribution in [-0.4, -0.2) is 41.9 Å². The minimum atomic E-state index is -2.27. The monoisotopic (exact) mass is 480 g/mol. The van der Waals surface area contributed by atoms with Crippen LogP contribution in [0, 0.1) is 36.0 Å². The fourth-order valence-electron chi connectivity index (χ4n) is 3.72. The van der Waals surface area contributed by atoms with E-state index in [1.807, 2.05) is 12.1 Å². The van der Waals surface area contributed by atoms with Crippen LogP contribution in [0.3, 0.4) is 0 Å². The first-order valence-corrected chi connectivity index (χ1v) is 10.5. The summed E-state index contributed by atoms with van der Waals surface area (Å²) in [5.41, 5.74) is 2.43. The summed E-state index contributed by atoms with van der Waals surface area (Å²) >= 11 is 0. The van der Waals surface area contributed by atoms with Crippen molar-refractivity contribution in [2.24, 2.45) is 0 Å². The third-order valence-electron chi connectivity index (χ3n) is 5.72. The Morgan fingerprint density at radius 2 is 1.50 bits per heavy atom. The Balaban J connectivity index is 1.34. The van der Waals surface area contributed by atoms with E-state index in [-0.39, 0.29) is 17.4 Å². The van der Waals surface area contributed by atoms with E-state index in [1.54, 1.807) is 4.90 Å². The number of hydrogen-bond acceptors (Lipinski definition) is 4. The largest absolute Gasteiger partial charge is 0.479 e. The first kappa shape index (κ1) is 23.7. The third-order valence-corrected chi connectivity index (χ3v) is 5.72. The first-order chi connectivity index (χ1) is 16.3. The number of ether oxygens (including phenoxy) is 1. The van der Waals surface area contributed by atoms with Crippen LogP contribution in [-0.2, 0) is 13.2 Å². The lowest BCUT2D eigenvalue weighted by atomic mass is 10.1. The average molecular weight is 480 g/mol. The number of amides is 1. The summed E-state index contributed by atoms with van der Waals surface area (Å²) in [7, 11) is 0. The predicted octanol–water partition coefficient (Wildman–Crippen LogP) is 4.82. The van der Waals surface area contributed by atoms with Crippen LogP contribution in [0.5, 0.6) is 5.75 Å². The highest BCUT2D eigenvalue weighted by molar-refractivity contribution is 5.91. The van der Waals surface area contributed by atoms with E-state index in [4.69, 9.17) is 9.15 Å². The minimum absolute atomic E-state index is 0.00881. The molecule has 2 heterocycles. The zero-order valence-electron chi connectivity index (χ0n) is 18.2. The van der Waals surface area contributed by atoms with Gasteiger partial charge in [0, 0.05) is 32.7 Å². The van der Waals surface area contributed by atoms with Crippen molar-refractivity contribution in [3.05, 3.63) is 88.1 Å². The first-order valence-electron chi connectivity index (χ1n) is 10.5. The molecule has 3 aromatic rings. The fourth-order valence-corrected chi connectivity index (χ4v) is 3.72. The number of hydrogen-bond donors (Lipinski definition) is 0. The van der Waals surface area contributed by atoms with Crippen LogP contribution in [0.25, 0.3) is 0 Å². The minimum Gasteiger partial charge on any atom is -0.479 e. The molecule has 34 heavy (non-hydrogen) atoms. The van der Waals surface area contributed by atoms with Crippen LogP contribution < -0.4 is 4.74 Å². The van der Waals surface area contributed by atoms with Crippen LogP contribution in [0.15, 0.2) is 40.8 Å². The second-order valence-corrected chi connectivity index (χ2v) is 7.95. The van der Waals surface area contributed by atoms with E-state index in [9.17, 15) is 26.7 Å². The number of rotatable bonds is 6. The number of piperazine rings is 1. The van der Waals surface area contributed by atoms with Gasteiger partial charge in [0.2, 0.25) is 29.1 Å². The molecule has 1 aliphatic rings. The van der Waals surface area contributed by atoms with E-state index in [0.717, 1.165) is 6.54 Å². The molecule has 1 fully saturated rings. The number of carbonyl (C=O) groups is 1. The van der Waals surface area contributed by atoms with Gasteiger partial charge < -0.3 is 14.1 Å². The molecule has 1 amide bonds. The topological polar surface area (TPSA) is 45.9 Å². The van der Waals surface area contributed by atoms with Crippen molar-refractivity contribution in [3.63, 3.8) is 0 Å². The summed E-state index contributed by atoms with van der Waals surface area (Å²) in [6.45, 7) is 4.54. The lowest BCUT2D eigenvalue weighted by molar-refractivity contribution is 0.0593. The van der Waals surface area contributed by atoms with Crippen molar-refractivity contribution in [1.82, 2.24) is 9.80 Å². The van der Waals surface area contributed by atoms with Gasteiger partial charge in [-0.1, -0.05) is 24.3 Å². The van der Waals surface area contributed by atoms with Crippen molar-refractivity contribution in [3.8, 4) is 5.75 Å². The Morgan fingerprint density at radius 3 is 2.15 bits per heavy atom. The SMILES string of the molecule is Cc1ccccc1CN1CCN(C(=O)c2ccc(COc3c(F)c(F)c(F)c(F)c3F)o2)CC1. The second kappa shape index (κ2) is 9.84. The molecule has 0 unspecified atom stereocenters. The third kappa shape index (κ3) is 4.77. The van der Waals surface area contributed by atoms with Gasteiger partial charge in [0.15, 0.2) is 11.5 Å². The molecule has 2 aromatic carbocycles. The maximum Gasteiger partial charge on any atom is 0.289 e. The summed E-state index contributed by atoms with van der Waals surface area (Å²) in [5, 5.41) is 0. The molecule has 0 atom stereocenters. The Labute approximate surface area is 192 Å². The van der Waals surface area contributed by atoms with E-state index in [1.165, 1.54) is 23.3 Å². The van der Waals surface area contributed by atoms with E-state index in [2.05, 4.69) is 24.0 Å². The highest BCUT2D eigenvalue weighted by Crippen LogP contribution is 2.30. The molecule has 1 aromatic heterocycles. The quantitative estimate of drug-likeness (QED) is 0.288. The van der Waals surface area contributed by atoms with Crippen LogP contribution in [0.1, 0.15) is 27.4 Å². The van der Waals surface area contributed by atoms with E-state index >= 15 is 0 Å². The number of halogens is 5. The molecule has 1 aliphatic heterocycles. The number of benzene rings is 2. The molecule has 180 valence electrons. The lowest BCUT2D eigenvalue weighted by Gasteiger charge is -2.34. The second-order valence-electron chi connectivity index (χ2n) is 7.95. The average Bonchev–Trinajstić information content (AvgIpc) is 3.32. The van der Waals surface area contributed by atoms with Crippen molar-refractivity contribution >= 4 is 5.91 Å². The summed E-state index contributed by atoms with van der Waals surface area (Å²) in [6.07, 6.45) is 0. The van der Waals surface area contributed by atoms with Gasteiger partial charge in [-0.05, 0) is 30.2 Å². The molecular formula is C24H21F5N2O3. The van der Waals surface area contributed by atoms with Gasteiger partial charge in [0.25, 0.3) is 5.91 Å². The van der Waals surface area contributed by atoms with Crippen LogP contribution in [0.4, 0.5) is 22.0 Å². The van der Waals surface area contributed by atoms with Gasteiger partial charge in [-0.15, -0.1) is 0 Å². The van der Waals surface area contributed by atoms with Gasteiger partial charge in [0.1, 0.15) is 12.4 Å². The molecule has 5 nitrogen and oxygen atoms in total. The molecule has 0 spiro atoms. The normalized spacial score (nSPS) is 14.5. The summed E-state index contributed by atoms with van der Waals surface area (Å²) in [6, 6.07) is 10.8. The van der Waals surface area contributed by atoms with Crippen molar-refractivity contribution in [2.75, 3.05) is 26.2 Å². The fraction of sp³-hybridized carbons (Fsp3) is 0.292. The van der Waals surface area contributed by atoms with Gasteiger partial charge in [-0.3, -0.25) is 9.69 Å². The molecule has 0 radical (unpaired) electrons. The molecule has 0 N–H and O–H groups in total. The number of furan rings is 1. The van der Waals surface area contributed by atoms with Crippen molar-refractivity contribution in [2.45, 2.75) is 20.1 Å². The number of nitrogens with zero attached hydrogens (tertiary/aromatic N) is 2. The van der Waals surface area contributed by atoms with E-state index < -0.39 is 41.4 Å². The molecule has 0 bridgehead atoms. The smallest absolute Gasteiger partial charge is 0.289 e. The zero-order chi connectivity index (χ0) is 24.4. The highest BCUT2D eigenvalue weighted by atomic mass is 19.2. The standard InChI is InChI=1S/C24H21F5N2O3/c1-14-4-2-3-5-15(14)12-30-8-10-31(11-9-30)24(32)17-7-6-16(34-17)13-33-23-21(28)19(26)18(25)20(27)22(23)29/h2-7H,8-13H2,1H3. The zero-order valence-corrected chi connectivity index (χ0v) is 18.2. The highest BCUT2D eigenvalue weighted by Gasteiger charge is 2.28. The summed E-state index contributed by atoms with van der Waals surface area (Å²) in [4.78, 5) is 16.6. The molecule has 0 aliphatic carbocycles. The molecule has 4 rings (SSSR count). The lowest BCUT2D eigenvalue weighted by Crippen LogP contribution is -2.48. The van der Waals surface area contributed by atoms with E-state index in [0.29, 0.717) is 26.2 Å². The summed E-state index contributed by atoms with van der Waals surface area (Å²) < 4.78 is 77.3. The van der Waals surface area contributed by atoms with Crippen molar-refractivity contribution in [1.29, 1.82) is 0 Å². The Morgan fingerprint density at radius 1 is 0.882 bits per heavy atom. The Hall–Kier alpha value is -3.40. The van der Waals surface area contributed by atoms with Crippen LogP contribution >= 0.6 is 0 Å². The molecule has 0 saturated carbocycles. The van der Waals surface area contributed by atoms with Gasteiger partial charge >= 0.3 is 0 Å². The van der Waals surface area contributed by atoms with Crippen LogP contribution in [0.2, 0.25) is 0 Å². The Kier molecular flexibility index (Phi) is 6.87. The van der Waals surface area contributed by atoms with Gasteiger partial charge in [-0.25, -0.2) is 13.2 Å². The van der Waals surface area contributed by atoms with Crippen molar-refractivity contribution < 1.29 is 35.9 Å². The van der Waals surface area contributed by atoms with Gasteiger partial charge in [0.05, 0.1) is 0 Å². The maximum absolute atomic E-state index is 13.7. The number of carbonyl (C=O) groups excluding carboxylic acids is 1. The maximum atomic E-state index is 13.7. The number of aryl methyl sites for hydroxylation is 1. The van der Waals surface area contributed by atoms with Gasteiger partial charge in [-0.2, -0.15) is 8.78 Å². The molecule has 10 heteroatoms. The molecular weight excluding hydrogens is 459 g/mol. The molecule has 1 saturated heterocycles. The predicted molar refractivity (Wildman–Crippen MR) is 112 cm³/mol.